The fraction of sp³-hybridized carbons (Fsp3) is 0.923. The van der Waals surface area contributed by atoms with Crippen LogP contribution in [-0.2, 0) is 14.8 Å². The van der Waals surface area contributed by atoms with Gasteiger partial charge in [-0.2, -0.15) is 0 Å². The van der Waals surface area contributed by atoms with Gasteiger partial charge in [-0.05, 0) is 31.6 Å². The van der Waals surface area contributed by atoms with Gasteiger partial charge in [0.1, 0.15) is 0 Å². The highest BCUT2D eigenvalue weighted by atomic mass is 32.2. The summed E-state index contributed by atoms with van der Waals surface area (Å²) in [6, 6.07) is 0. The molecule has 1 aliphatic carbocycles. The quantitative estimate of drug-likeness (QED) is 0.712. The molecule has 3 aliphatic rings. The fourth-order valence-corrected chi connectivity index (χ4v) is 5.51. The Morgan fingerprint density at radius 1 is 1.11 bits per heavy atom. The summed E-state index contributed by atoms with van der Waals surface area (Å²) in [4.78, 5) is 14.2. The Bertz CT molecular complexity index is 472. The number of amides is 1. The Kier molecular flexibility index (Phi) is 3.33. The van der Waals surface area contributed by atoms with Crippen molar-refractivity contribution in [1.29, 1.82) is 0 Å². The number of nitrogens with zero attached hydrogens (tertiary/aromatic N) is 2. The maximum absolute atomic E-state index is 12.2. The minimum Gasteiger partial charge on any atom is -0.342 e. The van der Waals surface area contributed by atoms with Crippen molar-refractivity contribution in [2.75, 3.05) is 26.7 Å². The zero-order chi connectivity index (χ0) is 13.6. The lowest BCUT2D eigenvalue weighted by Gasteiger charge is -2.31. The van der Waals surface area contributed by atoms with Gasteiger partial charge in [0.2, 0.25) is 15.9 Å². The SMILES string of the molecule is CN1C[C@H]2CCN(C(=O)C3CCC3)CC[C@H]2S1(=O)=O. The molecule has 0 N–H and O–H groups in total. The Morgan fingerprint density at radius 2 is 1.79 bits per heavy atom. The van der Waals surface area contributed by atoms with E-state index in [-0.39, 0.29) is 23.0 Å². The first-order valence-electron chi connectivity index (χ1n) is 7.24. The van der Waals surface area contributed by atoms with Gasteiger partial charge in [0.15, 0.2) is 0 Å². The van der Waals surface area contributed by atoms with Gasteiger partial charge >= 0.3 is 0 Å². The summed E-state index contributed by atoms with van der Waals surface area (Å²) in [5.74, 6) is 0.684. The van der Waals surface area contributed by atoms with E-state index in [9.17, 15) is 13.2 Å². The van der Waals surface area contributed by atoms with Gasteiger partial charge < -0.3 is 4.90 Å². The molecule has 2 aliphatic heterocycles. The summed E-state index contributed by atoms with van der Waals surface area (Å²) in [6.07, 6.45) is 4.63. The van der Waals surface area contributed by atoms with E-state index in [1.807, 2.05) is 4.90 Å². The number of hydrogen-bond acceptors (Lipinski definition) is 3. The Morgan fingerprint density at radius 3 is 2.42 bits per heavy atom. The number of likely N-dealkylation sites (tertiary alicyclic amines) is 1. The van der Waals surface area contributed by atoms with E-state index in [1.165, 1.54) is 4.31 Å². The zero-order valence-corrected chi connectivity index (χ0v) is 12.2. The maximum atomic E-state index is 12.2. The van der Waals surface area contributed by atoms with Gasteiger partial charge in [-0.1, -0.05) is 6.42 Å². The summed E-state index contributed by atoms with van der Waals surface area (Å²) in [5, 5.41) is -0.267. The smallest absolute Gasteiger partial charge is 0.225 e. The molecule has 0 unspecified atom stereocenters. The van der Waals surface area contributed by atoms with Gasteiger partial charge in [-0.3, -0.25) is 4.79 Å². The number of sulfonamides is 1. The number of fused-ring (bicyclic) bond motifs is 1. The number of hydrogen-bond donors (Lipinski definition) is 0. The third-order valence-corrected chi connectivity index (χ3v) is 7.46. The second-order valence-corrected chi connectivity index (χ2v) is 8.41. The first-order chi connectivity index (χ1) is 9.00. The molecule has 0 radical (unpaired) electrons. The van der Waals surface area contributed by atoms with Crippen molar-refractivity contribution < 1.29 is 13.2 Å². The minimum atomic E-state index is -3.11. The van der Waals surface area contributed by atoms with Crippen LogP contribution in [0, 0.1) is 11.8 Å². The lowest BCUT2D eigenvalue weighted by Crippen LogP contribution is -2.40. The lowest BCUT2D eigenvalue weighted by atomic mass is 9.84. The standard InChI is InChI=1S/C13H22N2O3S/c1-14-9-11-5-7-15(13(16)10-3-2-4-10)8-6-12(11)19(14,17)18/h10-12H,2-9H2,1H3/t11-,12-/m1/s1. The second-order valence-electron chi connectivity index (χ2n) is 6.15. The van der Waals surface area contributed by atoms with E-state index in [0.29, 0.717) is 19.5 Å². The average molecular weight is 286 g/mol. The maximum Gasteiger partial charge on any atom is 0.225 e. The average Bonchev–Trinajstić information content (AvgIpc) is 2.47. The van der Waals surface area contributed by atoms with Gasteiger partial charge in [0.05, 0.1) is 5.25 Å². The van der Waals surface area contributed by atoms with Crippen LogP contribution in [0.2, 0.25) is 0 Å². The van der Waals surface area contributed by atoms with Gasteiger partial charge in [0.25, 0.3) is 0 Å². The molecule has 3 fully saturated rings. The van der Waals surface area contributed by atoms with E-state index < -0.39 is 10.0 Å². The Hall–Kier alpha value is -0.620. The monoisotopic (exact) mass is 286 g/mol. The number of carbonyl (C=O) groups is 1. The molecular formula is C13H22N2O3S. The van der Waals surface area contributed by atoms with E-state index in [0.717, 1.165) is 32.2 Å². The molecule has 6 heteroatoms. The van der Waals surface area contributed by atoms with Crippen LogP contribution in [0.4, 0.5) is 0 Å². The van der Waals surface area contributed by atoms with Crippen molar-refractivity contribution in [3.63, 3.8) is 0 Å². The van der Waals surface area contributed by atoms with Crippen LogP contribution in [0.15, 0.2) is 0 Å². The van der Waals surface area contributed by atoms with E-state index >= 15 is 0 Å². The molecule has 1 amide bonds. The van der Waals surface area contributed by atoms with Crippen LogP contribution in [0.25, 0.3) is 0 Å². The predicted molar refractivity (Wildman–Crippen MR) is 72.0 cm³/mol. The summed E-state index contributed by atoms with van der Waals surface area (Å²) < 4.78 is 25.9. The highest BCUT2D eigenvalue weighted by Gasteiger charge is 2.45. The lowest BCUT2D eigenvalue weighted by molar-refractivity contribution is -0.138. The molecule has 0 aromatic heterocycles. The van der Waals surface area contributed by atoms with Gasteiger partial charge in [0, 0.05) is 32.6 Å². The van der Waals surface area contributed by atoms with Crippen molar-refractivity contribution >= 4 is 15.9 Å². The highest BCUT2D eigenvalue weighted by Crippen LogP contribution is 2.35. The topological polar surface area (TPSA) is 57.7 Å². The minimum absolute atomic E-state index is 0.203. The molecule has 0 bridgehead atoms. The van der Waals surface area contributed by atoms with Crippen LogP contribution in [0.5, 0.6) is 0 Å². The van der Waals surface area contributed by atoms with Crippen molar-refractivity contribution in [1.82, 2.24) is 9.21 Å². The van der Waals surface area contributed by atoms with E-state index in [4.69, 9.17) is 0 Å². The van der Waals surface area contributed by atoms with Crippen molar-refractivity contribution in [2.24, 2.45) is 11.8 Å². The summed E-state index contributed by atoms with van der Waals surface area (Å²) in [7, 11) is -1.45. The molecule has 0 spiro atoms. The largest absolute Gasteiger partial charge is 0.342 e. The number of rotatable bonds is 1. The molecule has 19 heavy (non-hydrogen) atoms. The zero-order valence-electron chi connectivity index (χ0n) is 11.4. The normalized spacial score (nSPS) is 35.5. The summed E-state index contributed by atoms with van der Waals surface area (Å²) >= 11 is 0. The number of carbonyl (C=O) groups excluding carboxylic acids is 1. The second kappa shape index (κ2) is 4.74. The van der Waals surface area contributed by atoms with Crippen LogP contribution in [0.3, 0.4) is 0 Å². The molecular weight excluding hydrogens is 264 g/mol. The fourth-order valence-electron chi connectivity index (χ4n) is 3.54. The molecule has 108 valence electrons. The van der Waals surface area contributed by atoms with Gasteiger partial charge in [-0.15, -0.1) is 0 Å². The van der Waals surface area contributed by atoms with Crippen LogP contribution >= 0.6 is 0 Å². The molecule has 2 saturated heterocycles. The van der Waals surface area contributed by atoms with Crippen LogP contribution in [0.1, 0.15) is 32.1 Å². The summed E-state index contributed by atoms with van der Waals surface area (Å²) in [5.41, 5.74) is 0. The molecule has 3 rings (SSSR count). The molecule has 5 nitrogen and oxygen atoms in total. The van der Waals surface area contributed by atoms with E-state index in [1.54, 1.807) is 7.05 Å². The van der Waals surface area contributed by atoms with Crippen molar-refractivity contribution in [2.45, 2.75) is 37.4 Å². The molecule has 2 atom stereocenters. The van der Waals surface area contributed by atoms with Crippen LogP contribution in [-0.4, -0.2) is 55.5 Å². The van der Waals surface area contributed by atoms with E-state index in [2.05, 4.69) is 0 Å². The Labute approximate surface area is 115 Å². The Balaban J connectivity index is 1.69. The van der Waals surface area contributed by atoms with Crippen LogP contribution < -0.4 is 0 Å². The first-order valence-corrected chi connectivity index (χ1v) is 8.74. The molecule has 0 aromatic rings. The third-order valence-electron chi connectivity index (χ3n) is 5.05. The predicted octanol–water partition coefficient (Wildman–Crippen LogP) is 0.669. The molecule has 2 heterocycles. The first kappa shape index (κ1) is 13.4. The highest BCUT2D eigenvalue weighted by molar-refractivity contribution is 7.90. The third kappa shape index (κ3) is 2.18. The molecule has 0 aromatic carbocycles. The van der Waals surface area contributed by atoms with Crippen molar-refractivity contribution in [3.8, 4) is 0 Å². The molecule has 1 saturated carbocycles. The van der Waals surface area contributed by atoms with Gasteiger partial charge in [-0.25, -0.2) is 12.7 Å². The summed E-state index contributed by atoms with van der Waals surface area (Å²) in [6.45, 7) is 1.97. The van der Waals surface area contributed by atoms with Crippen molar-refractivity contribution in [3.05, 3.63) is 0 Å².